The Kier molecular flexibility index (Phi) is 2.68. The van der Waals surface area contributed by atoms with E-state index >= 15 is 0 Å². The van der Waals surface area contributed by atoms with E-state index in [1.165, 1.54) is 0 Å². The van der Waals surface area contributed by atoms with Crippen molar-refractivity contribution in [2.24, 2.45) is 0 Å². The Morgan fingerprint density at radius 2 is 2.22 bits per heavy atom. The van der Waals surface area contributed by atoms with Gasteiger partial charge in [-0.1, -0.05) is 18.2 Å². The van der Waals surface area contributed by atoms with Gasteiger partial charge in [0.15, 0.2) is 9.84 Å². The van der Waals surface area contributed by atoms with Crippen LogP contribution in [0.25, 0.3) is 0 Å². The van der Waals surface area contributed by atoms with Crippen LogP contribution in [0.3, 0.4) is 0 Å². The molecular formula is C12H13N3O2S. The highest BCUT2D eigenvalue weighted by molar-refractivity contribution is 7.91. The van der Waals surface area contributed by atoms with Gasteiger partial charge in [0.05, 0.1) is 17.2 Å². The second-order valence-corrected chi connectivity index (χ2v) is 6.29. The van der Waals surface area contributed by atoms with Crippen molar-refractivity contribution in [1.29, 1.82) is 0 Å². The third-order valence-electron chi connectivity index (χ3n) is 3.09. The van der Waals surface area contributed by atoms with Crippen LogP contribution in [-0.2, 0) is 16.4 Å². The van der Waals surface area contributed by atoms with Gasteiger partial charge in [0.1, 0.15) is 5.82 Å². The summed E-state index contributed by atoms with van der Waals surface area (Å²) in [6.45, 7) is 0.529. The first-order valence-electron chi connectivity index (χ1n) is 5.70. The standard InChI is InChI=1S/C12H13N3O2S/c16-18(17)8-10(9-3-1-2-4-11(9)18)15-7-12-13-5-6-14-12/h1-6,10,15H,7-8H2,(H,13,14). The number of fused-ring (bicyclic) bond motifs is 1. The number of benzene rings is 1. The van der Waals surface area contributed by atoms with E-state index in [0.29, 0.717) is 11.4 Å². The Morgan fingerprint density at radius 3 is 3.00 bits per heavy atom. The summed E-state index contributed by atoms with van der Waals surface area (Å²) in [7, 11) is -3.14. The van der Waals surface area contributed by atoms with E-state index in [2.05, 4.69) is 15.3 Å². The van der Waals surface area contributed by atoms with Crippen LogP contribution in [0, 0.1) is 0 Å². The van der Waals surface area contributed by atoms with Crippen LogP contribution in [0.15, 0.2) is 41.6 Å². The van der Waals surface area contributed by atoms with Gasteiger partial charge in [0, 0.05) is 18.4 Å². The molecule has 0 radical (unpaired) electrons. The summed E-state index contributed by atoms with van der Waals surface area (Å²) >= 11 is 0. The van der Waals surface area contributed by atoms with Crippen molar-refractivity contribution in [3.05, 3.63) is 48.0 Å². The van der Waals surface area contributed by atoms with Crippen LogP contribution in [0.2, 0.25) is 0 Å². The SMILES string of the molecule is O=S1(=O)CC(NCc2ncc[nH]2)c2ccccc21. The van der Waals surface area contributed by atoms with Gasteiger partial charge in [-0.05, 0) is 11.6 Å². The molecule has 94 valence electrons. The van der Waals surface area contributed by atoms with E-state index in [1.54, 1.807) is 24.5 Å². The Balaban J connectivity index is 1.83. The minimum atomic E-state index is -3.14. The monoisotopic (exact) mass is 263 g/mol. The maximum absolute atomic E-state index is 12.0. The number of hydrogen-bond acceptors (Lipinski definition) is 4. The molecular weight excluding hydrogens is 250 g/mol. The second-order valence-electron chi connectivity index (χ2n) is 4.29. The minimum Gasteiger partial charge on any atom is -0.348 e. The molecule has 0 saturated heterocycles. The Hall–Kier alpha value is -1.66. The maximum atomic E-state index is 12.0. The molecule has 0 saturated carbocycles. The van der Waals surface area contributed by atoms with Crippen LogP contribution in [0.4, 0.5) is 0 Å². The molecule has 3 rings (SSSR count). The number of aromatic nitrogens is 2. The molecule has 0 aliphatic carbocycles. The Morgan fingerprint density at radius 1 is 1.39 bits per heavy atom. The lowest BCUT2D eigenvalue weighted by molar-refractivity contribution is 0.557. The highest BCUT2D eigenvalue weighted by Gasteiger charge is 2.33. The summed E-state index contributed by atoms with van der Waals surface area (Å²) in [5, 5.41) is 3.22. The Bertz CT molecular complexity index is 650. The molecule has 1 aromatic heterocycles. The highest BCUT2D eigenvalue weighted by Crippen LogP contribution is 2.32. The molecule has 2 aromatic rings. The Labute approximate surface area is 105 Å². The van der Waals surface area contributed by atoms with Gasteiger partial charge >= 0.3 is 0 Å². The van der Waals surface area contributed by atoms with E-state index in [-0.39, 0.29) is 11.8 Å². The topological polar surface area (TPSA) is 74.8 Å². The van der Waals surface area contributed by atoms with Gasteiger partial charge in [0.25, 0.3) is 0 Å². The molecule has 6 heteroatoms. The number of aromatic amines is 1. The first-order chi connectivity index (χ1) is 8.67. The lowest BCUT2D eigenvalue weighted by Gasteiger charge is -2.11. The number of hydrogen-bond donors (Lipinski definition) is 2. The molecule has 0 spiro atoms. The third kappa shape index (κ3) is 1.93. The van der Waals surface area contributed by atoms with Crippen LogP contribution in [-0.4, -0.2) is 24.1 Å². The van der Waals surface area contributed by atoms with Gasteiger partial charge in [-0.25, -0.2) is 13.4 Å². The van der Waals surface area contributed by atoms with Gasteiger partial charge in [-0.15, -0.1) is 0 Å². The zero-order chi connectivity index (χ0) is 12.6. The number of rotatable bonds is 3. The molecule has 1 unspecified atom stereocenters. The van der Waals surface area contributed by atoms with Crippen molar-refractivity contribution >= 4 is 9.84 Å². The van der Waals surface area contributed by atoms with E-state index in [9.17, 15) is 8.42 Å². The maximum Gasteiger partial charge on any atom is 0.180 e. The molecule has 18 heavy (non-hydrogen) atoms. The van der Waals surface area contributed by atoms with Crippen LogP contribution in [0.1, 0.15) is 17.4 Å². The summed E-state index contributed by atoms with van der Waals surface area (Å²) in [5.74, 6) is 0.921. The average Bonchev–Trinajstić information content (AvgIpc) is 2.95. The van der Waals surface area contributed by atoms with Gasteiger partial charge in [0.2, 0.25) is 0 Å². The zero-order valence-corrected chi connectivity index (χ0v) is 10.4. The van der Waals surface area contributed by atoms with E-state index < -0.39 is 9.84 Å². The number of nitrogens with zero attached hydrogens (tertiary/aromatic N) is 1. The van der Waals surface area contributed by atoms with E-state index in [0.717, 1.165) is 11.4 Å². The first-order valence-corrected chi connectivity index (χ1v) is 7.35. The summed E-state index contributed by atoms with van der Waals surface area (Å²) in [4.78, 5) is 7.53. The van der Waals surface area contributed by atoms with E-state index in [1.807, 2.05) is 12.1 Å². The van der Waals surface area contributed by atoms with Crippen LogP contribution >= 0.6 is 0 Å². The smallest absolute Gasteiger partial charge is 0.180 e. The summed E-state index contributed by atoms with van der Waals surface area (Å²) in [5.41, 5.74) is 0.851. The predicted molar refractivity (Wildman–Crippen MR) is 66.7 cm³/mol. The fraction of sp³-hybridized carbons (Fsp3) is 0.250. The second kappa shape index (κ2) is 4.22. The van der Waals surface area contributed by atoms with Gasteiger partial charge in [-0.2, -0.15) is 0 Å². The lowest BCUT2D eigenvalue weighted by Crippen LogP contribution is -2.22. The molecule has 0 bridgehead atoms. The molecule has 2 heterocycles. The molecule has 1 aromatic carbocycles. The van der Waals surface area contributed by atoms with Crippen molar-refractivity contribution < 1.29 is 8.42 Å². The molecule has 0 fully saturated rings. The first kappa shape index (κ1) is 11.4. The summed E-state index contributed by atoms with van der Waals surface area (Å²) < 4.78 is 23.9. The summed E-state index contributed by atoms with van der Waals surface area (Å²) in [6.07, 6.45) is 3.42. The van der Waals surface area contributed by atoms with Crippen molar-refractivity contribution in [2.75, 3.05) is 5.75 Å². The lowest BCUT2D eigenvalue weighted by atomic mass is 10.1. The summed E-state index contributed by atoms with van der Waals surface area (Å²) in [6, 6.07) is 6.99. The quantitative estimate of drug-likeness (QED) is 0.867. The highest BCUT2D eigenvalue weighted by atomic mass is 32.2. The van der Waals surface area contributed by atoms with Crippen LogP contribution in [0.5, 0.6) is 0 Å². The molecule has 0 amide bonds. The van der Waals surface area contributed by atoms with Gasteiger partial charge in [-0.3, -0.25) is 0 Å². The number of imidazole rings is 1. The van der Waals surface area contributed by atoms with Crippen molar-refractivity contribution in [1.82, 2.24) is 15.3 Å². The predicted octanol–water partition coefficient (Wildman–Crippen LogP) is 1.03. The van der Waals surface area contributed by atoms with Crippen molar-refractivity contribution in [3.63, 3.8) is 0 Å². The van der Waals surface area contributed by atoms with E-state index in [4.69, 9.17) is 0 Å². The fourth-order valence-electron chi connectivity index (χ4n) is 2.23. The molecule has 1 atom stereocenters. The fourth-order valence-corrected chi connectivity index (χ4v) is 4.01. The van der Waals surface area contributed by atoms with Gasteiger partial charge < -0.3 is 10.3 Å². The van der Waals surface area contributed by atoms with Crippen molar-refractivity contribution in [3.8, 4) is 0 Å². The molecule has 2 N–H and O–H groups in total. The zero-order valence-electron chi connectivity index (χ0n) is 9.63. The molecule has 5 nitrogen and oxygen atoms in total. The molecule has 1 aliphatic heterocycles. The largest absolute Gasteiger partial charge is 0.348 e. The number of nitrogens with one attached hydrogen (secondary N) is 2. The van der Waals surface area contributed by atoms with Crippen molar-refractivity contribution in [2.45, 2.75) is 17.5 Å². The minimum absolute atomic E-state index is 0.118. The number of H-pyrrole nitrogens is 1. The number of sulfone groups is 1. The normalized spacial score (nSPS) is 20.8. The van der Waals surface area contributed by atoms with Crippen LogP contribution < -0.4 is 5.32 Å². The molecule has 1 aliphatic rings. The third-order valence-corrected chi connectivity index (χ3v) is 4.90. The average molecular weight is 263 g/mol.